The third-order valence-electron chi connectivity index (χ3n) is 4.05. The first-order chi connectivity index (χ1) is 12.2. The third-order valence-corrected chi connectivity index (χ3v) is 6.04. The van der Waals surface area contributed by atoms with E-state index >= 15 is 0 Å². The number of carbonyl (C=O) groups excluding carboxylic acids is 1. The maximum atomic E-state index is 12.6. The molecule has 1 N–H and O–H groups in total. The van der Waals surface area contributed by atoms with E-state index in [0.717, 1.165) is 6.07 Å². The van der Waals surface area contributed by atoms with Crippen molar-refractivity contribution in [2.24, 2.45) is 0 Å². The molecule has 1 aromatic carbocycles. The van der Waals surface area contributed by atoms with Gasteiger partial charge in [-0.2, -0.15) is 5.10 Å². The highest BCUT2D eigenvalue weighted by Gasteiger charge is 2.32. The number of nitrogens with one attached hydrogen (secondary N) is 1. The summed E-state index contributed by atoms with van der Waals surface area (Å²) in [5.74, 6) is -0.442. The van der Waals surface area contributed by atoms with Gasteiger partial charge in [-0.1, -0.05) is 11.6 Å². The first-order valence-electron chi connectivity index (χ1n) is 7.68. The smallest absolute Gasteiger partial charge is 0.282 e. The van der Waals surface area contributed by atoms with Crippen molar-refractivity contribution in [2.75, 3.05) is 16.8 Å². The summed E-state index contributed by atoms with van der Waals surface area (Å²) < 4.78 is 24.9. The molecular weight excluding hydrogens is 384 g/mol. The molecule has 1 atom stereocenters. The molecule has 1 amide bonds. The van der Waals surface area contributed by atoms with E-state index in [1.54, 1.807) is 13.0 Å². The van der Waals surface area contributed by atoms with Crippen LogP contribution in [0.1, 0.15) is 28.5 Å². The van der Waals surface area contributed by atoms with Gasteiger partial charge < -0.3 is 5.32 Å². The maximum Gasteiger partial charge on any atom is 0.282 e. The molecule has 0 spiro atoms. The van der Waals surface area contributed by atoms with Crippen molar-refractivity contribution in [3.8, 4) is 0 Å². The average molecular weight is 399 g/mol. The maximum absolute atomic E-state index is 12.6. The second-order valence-corrected chi connectivity index (χ2v) is 8.71. The van der Waals surface area contributed by atoms with Gasteiger partial charge in [0.15, 0.2) is 9.84 Å². The molecule has 2 heterocycles. The number of hydrogen-bond donors (Lipinski definition) is 1. The Labute approximate surface area is 154 Å². The number of aromatic nitrogens is 2. The van der Waals surface area contributed by atoms with Crippen LogP contribution in [0.2, 0.25) is 5.02 Å². The fourth-order valence-corrected chi connectivity index (χ4v) is 4.75. The number of carbonyl (C=O) groups is 1. The zero-order chi connectivity index (χ0) is 19.1. The van der Waals surface area contributed by atoms with Crippen molar-refractivity contribution in [1.29, 1.82) is 0 Å². The molecule has 0 saturated carbocycles. The van der Waals surface area contributed by atoms with Gasteiger partial charge >= 0.3 is 0 Å². The summed E-state index contributed by atoms with van der Waals surface area (Å²) >= 11 is 5.85. The molecule has 3 rings (SSSR count). The standard InChI is InChI=1S/C15H15ClN4O5S/c1-9-6-14(19(18-9)11-4-5-26(24,25)8-11)17-15(21)12-7-10(16)2-3-13(12)20(22)23/h2-3,6-7,11H,4-5,8H2,1H3,(H,17,21). The van der Waals surface area contributed by atoms with Gasteiger partial charge in [0.25, 0.3) is 11.6 Å². The molecule has 138 valence electrons. The third kappa shape index (κ3) is 3.70. The summed E-state index contributed by atoms with van der Waals surface area (Å²) in [6.07, 6.45) is 0.392. The lowest BCUT2D eigenvalue weighted by Crippen LogP contribution is -2.20. The molecule has 1 aromatic heterocycles. The number of nitro groups is 1. The van der Waals surface area contributed by atoms with Gasteiger partial charge in [-0.15, -0.1) is 0 Å². The molecule has 0 bridgehead atoms. The predicted molar refractivity (Wildman–Crippen MR) is 95.3 cm³/mol. The largest absolute Gasteiger partial charge is 0.307 e. The van der Waals surface area contributed by atoms with E-state index in [4.69, 9.17) is 11.6 Å². The molecule has 9 nitrogen and oxygen atoms in total. The zero-order valence-corrected chi connectivity index (χ0v) is 15.2. The number of anilines is 1. The highest BCUT2D eigenvalue weighted by molar-refractivity contribution is 7.91. The lowest BCUT2D eigenvalue weighted by molar-refractivity contribution is -0.385. The van der Waals surface area contributed by atoms with Gasteiger partial charge in [-0.3, -0.25) is 14.9 Å². The first kappa shape index (κ1) is 18.3. The van der Waals surface area contributed by atoms with Gasteiger partial charge in [-0.25, -0.2) is 13.1 Å². The number of hydrogen-bond acceptors (Lipinski definition) is 6. The van der Waals surface area contributed by atoms with Crippen LogP contribution in [0.5, 0.6) is 0 Å². The molecule has 26 heavy (non-hydrogen) atoms. The summed E-state index contributed by atoms with van der Waals surface area (Å²) in [5, 5.41) is 18.2. The van der Waals surface area contributed by atoms with Crippen LogP contribution >= 0.6 is 11.6 Å². The van der Waals surface area contributed by atoms with E-state index < -0.39 is 26.7 Å². The average Bonchev–Trinajstić information content (AvgIpc) is 3.08. The van der Waals surface area contributed by atoms with Crippen LogP contribution in [0.15, 0.2) is 24.3 Å². The van der Waals surface area contributed by atoms with E-state index in [-0.39, 0.29) is 33.6 Å². The minimum absolute atomic E-state index is 0.0593. The second-order valence-electron chi connectivity index (χ2n) is 6.05. The number of nitrogens with zero attached hydrogens (tertiary/aromatic N) is 3. The van der Waals surface area contributed by atoms with Crippen LogP contribution in [-0.4, -0.2) is 40.5 Å². The number of rotatable bonds is 4. The lowest BCUT2D eigenvalue weighted by atomic mass is 10.1. The molecular formula is C15H15ClN4O5S. The second kappa shape index (κ2) is 6.69. The van der Waals surface area contributed by atoms with Crippen LogP contribution in [0.4, 0.5) is 11.5 Å². The van der Waals surface area contributed by atoms with E-state index in [9.17, 15) is 23.3 Å². The molecule has 1 aliphatic rings. The summed E-state index contributed by atoms with van der Waals surface area (Å²) in [6, 6.07) is 4.89. The Morgan fingerprint density at radius 2 is 2.15 bits per heavy atom. The van der Waals surface area contributed by atoms with Crippen LogP contribution in [0.3, 0.4) is 0 Å². The van der Waals surface area contributed by atoms with Crippen LogP contribution in [-0.2, 0) is 9.84 Å². The Morgan fingerprint density at radius 1 is 1.42 bits per heavy atom. The molecule has 0 radical (unpaired) electrons. The molecule has 11 heteroatoms. The summed E-state index contributed by atoms with van der Waals surface area (Å²) in [6.45, 7) is 1.71. The zero-order valence-electron chi connectivity index (χ0n) is 13.7. The SMILES string of the molecule is Cc1cc(NC(=O)c2cc(Cl)ccc2[N+](=O)[O-])n(C2CCS(=O)(=O)C2)n1. The van der Waals surface area contributed by atoms with Crippen molar-refractivity contribution in [1.82, 2.24) is 9.78 Å². The number of benzene rings is 1. The quantitative estimate of drug-likeness (QED) is 0.622. The van der Waals surface area contributed by atoms with Crippen molar-refractivity contribution in [3.05, 3.63) is 50.7 Å². The Balaban J connectivity index is 1.92. The minimum atomic E-state index is -3.14. The van der Waals surface area contributed by atoms with Crippen LogP contribution in [0.25, 0.3) is 0 Å². The summed E-state index contributed by atoms with van der Waals surface area (Å²) in [7, 11) is -3.14. The van der Waals surface area contributed by atoms with E-state index in [1.807, 2.05) is 0 Å². The van der Waals surface area contributed by atoms with Crippen LogP contribution < -0.4 is 5.32 Å². The minimum Gasteiger partial charge on any atom is -0.307 e. The Hall–Kier alpha value is -2.46. The summed E-state index contributed by atoms with van der Waals surface area (Å²) in [4.78, 5) is 23.0. The highest BCUT2D eigenvalue weighted by Crippen LogP contribution is 2.28. The summed E-state index contributed by atoms with van der Waals surface area (Å²) in [5.41, 5.74) is 0.0234. The topological polar surface area (TPSA) is 124 Å². The lowest BCUT2D eigenvalue weighted by Gasteiger charge is -2.14. The highest BCUT2D eigenvalue weighted by atomic mass is 35.5. The monoisotopic (exact) mass is 398 g/mol. The van der Waals surface area contributed by atoms with Crippen molar-refractivity contribution in [3.63, 3.8) is 0 Å². The fourth-order valence-electron chi connectivity index (χ4n) is 2.89. The van der Waals surface area contributed by atoms with E-state index in [0.29, 0.717) is 12.1 Å². The molecule has 1 fully saturated rings. The molecule has 1 aliphatic heterocycles. The van der Waals surface area contributed by atoms with Gasteiger partial charge in [0, 0.05) is 17.2 Å². The number of halogens is 1. The van der Waals surface area contributed by atoms with Gasteiger partial charge in [-0.05, 0) is 25.5 Å². The van der Waals surface area contributed by atoms with E-state index in [1.165, 1.54) is 16.8 Å². The Morgan fingerprint density at radius 3 is 2.77 bits per heavy atom. The number of amides is 1. The molecule has 2 aromatic rings. The number of aryl methyl sites for hydroxylation is 1. The van der Waals surface area contributed by atoms with Gasteiger partial charge in [0.2, 0.25) is 0 Å². The number of nitro benzene ring substituents is 1. The normalized spacial score (nSPS) is 18.6. The van der Waals surface area contributed by atoms with Crippen molar-refractivity contribution < 1.29 is 18.1 Å². The predicted octanol–water partition coefficient (Wildman–Crippen LogP) is 2.37. The Kier molecular flexibility index (Phi) is 4.72. The molecule has 1 saturated heterocycles. The first-order valence-corrected chi connectivity index (χ1v) is 9.88. The van der Waals surface area contributed by atoms with Crippen molar-refractivity contribution in [2.45, 2.75) is 19.4 Å². The fraction of sp³-hybridized carbons (Fsp3) is 0.333. The van der Waals surface area contributed by atoms with Crippen LogP contribution in [0, 0.1) is 17.0 Å². The van der Waals surface area contributed by atoms with Gasteiger partial charge in [0.05, 0.1) is 28.2 Å². The Bertz CT molecular complexity index is 1000. The van der Waals surface area contributed by atoms with Crippen molar-refractivity contribution >= 4 is 38.9 Å². The molecule has 0 aliphatic carbocycles. The van der Waals surface area contributed by atoms with Gasteiger partial charge in [0.1, 0.15) is 11.4 Å². The number of sulfone groups is 1. The van der Waals surface area contributed by atoms with E-state index in [2.05, 4.69) is 10.4 Å². The molecule has 1 unspecified atom stereocenters.